The van der Waals surface area contributed by atoms with E-state index in [1.54, 1.807) is 0 Å². The Morgan fingerprint density at radius 1 is 0.310 bits per heavy atom. The zero-order valence-electron chi connectivity index (χ0n) is 29.7. The molecule has 1 aliphatic heterocycles. The molecule has 0 saturated carbocycles. The predicted octanol–water partition coefficient (Wildman–Crippen LogP) is 13.9. The van der Waals surface area contributed by atoms with E-state index in [-0.39, 0.29) is 0 Å². The summed E-state index contributed by atoms with van der Waals surface area (Å²) in [6.45, 7) is 9.48. The second-order valence-electron chi connectivity index (χ2n) is 13.9. The molecule has 42 heavy (non-hydrogen) atoms. The molecular formula is C40H80N2. The summed E-state index contributed by atoms with van der Waals surface area (Å²) in [7, 11) is 0. The van der Waals surface area contributed by atoms with Crippen LogP contribution in [0.1, 0.15) is 226 Å². The normalized spacial score (nSPS) is 15.0. The van der Waals surface area contributed by atoms with E-state index < -0.39 is 0 Å². The molecule has 0 aromatic carbocycles. The summed E-state index contributed by atoms with van der Waals surface area (Å²) in [5, 5.41) is 0. The quantitative estimate of drug-likeness (QED) is 0.0690. The van der Waals surface area contributed by atoms with Gasteiger partial charge in [-0.05, 0) is 25.7 Å². The first-order valence-corrected chi connectivity index (χ1v) is 20.0. The van der Waals surface area contributed by atoms with Gasteiger partial charge in [0.05, 0.1) is 0 Å². The molecule has 0 N–H and O–H groups in total. The fraction of sp³-hybridized carbons (Fsp3) is 0.950. The Labute approximate surface area is 267 Å². The summed E-state index contributed by atoms with van der Waals surface area (Å²) in [5.41, 5.74) is 0. The monoisotopic (exact) mass is 589 g/mol. The van der Waals surface area contributed by atoms with Crippen LogP contribution in [0.3, 0.4) is 0 Å². The lowest BCUT2D eigenvalue weighted by molar-refractivity contribution is 0.135. The van der Waals surface area contributed by atoms with Crippen LogP contribution in [0.2, 0.25) is 0 Å². The highest BCUT2D eigenvalue weighted by Gasteiger charge is 2.24. The van der Waals surface area contributed by atoms with Crippen molar-refractivity contribution in [3.8, 4) is 0 Å². The molecule has 250 valence electrons. The van der Waals surface area contributed by atoms with E-state index in [0.717, 1.165) is 0 Å². The summed E-state index contributed by atoms with van der Waals surface area (Å²) >= 11 is 0. The van der Waals surface area contributed by atoms with Crippen LogP contribution in [0.5, 0.6) is 0 Å². The lowest BCUT2D eigenvalue weighted by Crippen LogP contribution is -2.39. The first-order chi connectivity index (χ1) is 20.8. The zero-order chi connectivity index (χ0) is 30.2. The fourth-order valence-corrected chi connectivity index (χ4v) is 6.89. The van der Waals surface area contributed by atoms with Crippen LogP contribution < -0.4 is 0 Å². The Morgan fingerprint density at radius 2 is 0.548 bits per heavy atom. The summed E-state index contributed by atoms with van der Waals surface area (Å²) < 4.78 is 0. The van der Waals surface area contributed by atoms with Crippen molar-refractivity contribution in [2.24, 2.45) is 0 Å². The minimum Gasteiger partial charge on any atom is -0.356 e. The molecule has 2 heteroatoms. The Morgan fingerprint density at radius 3 is 0.833 bits per heavy atom. The molecule has 0 aliphatic carbocycles. The van der Waals surface area contributed by atoms with E-state index in [2.05, 4.69) is 43.0 Å². The summed E-state index contributed by atoms with van der Waals surface area (Å²) in [4.78, 5) is 5.41. The molecule has 0 fully saturated rings. The Bertz CT molecular complexity index is 544. The Balaban J connectivity index is 2.14. The van der Waals surface area contributed by atoms with Gasteiger partial charge in [0.2, 0.25) is 0 Å². The summed E-state index contributed by atoms with van der Waals surface area (Å²) in [6.07, 6.45) is 51.4. The molecule has 2 nitrogen and oxygen atoms in total. The third kappa shape index (κ3) is 23.8. The molecule has 1 heterocycles. The van der Waals surface area contributed by atoms with Crippen LogP contribution in [0.15, 0.2) is 12.4 Å². The van der Waals surface area contributed by atoms with Crippen molar-refractivity contribution in [1.82, 2.24) is 9.80 Å². The minimum absolute atomic E-state index is 0.640. The molecule has 0 saturated heterocycles. The van der Waals surface area contributed by atoms with Gasteiger partial charge in [-0.1, -0.05) is 201 Å². The van der Waals surface area contributed by atoms with Crippen molar-refractivity contribution in [3.05, 3.63) is 12.4 Å². The van der Waals surface area contributed by atoms with Gasteiger partial charge in [0.15, 0.2) is 0 Å². The topological polar surface area (TPSA) is 6.48 Å². The van der Waals surface area contributed by atoms with Crippen LogP contribution in [-0.2, 0) is 0 Å². The van der Waals surface area contributed by atoms with Gasteiger partial charge in [-0.25, -0.2) is 0 Å². The maximum absolute atomic E-state index is 2.71. The van der Waals surface area contributed by atoms with Crippen molar-refractivity contribution in [2.45, 2.75) is 232 Å². The molecule has 1 aliphatic rings. The molecule has 0 radical (unpaired) electrons. The van der Waals surface area contributed by atoms with Crippen LogP contribution in [0.4, 0.5) is 0 Å². The number of nitrogens with zero attached hydrogens (tertiary/aromatic N) is 2. The van der Waals surface area contributed by atoms with Crippen LogP contribution in [0.25, 0.3) is 0 Å². The third-order valence-corrected chi connectivity index (χ3v) is 9.82. The summed E-state index contributed by atoms with van der Waals surface area (Å²) in [5.74, 6) is 0. The third-order valence-electron chi connectivity index (χ3n) is 9.82. The second kappa shape index (κ2) is 31.8. The zero-order valence-corrected chi connectivity index (χ0v) is 29.7. The number of unbranched alkanes of at least 4 members (excludes halogenated alkanes) is 28. The highest BCUT2D eigenvalue weighted by atomic mass is 15.4. The molecule has 1 unspecified atom stereocenters. The Kier molecular flexibility index (Phi) is 29.8. The molecule has 1 atom stereocenters. The maximum Gasteiger partial charge on any atom is 0.101 e. The lowest BCUT2D eigenvalue weighted by atomic mass is 10.0. The molecule has 0 spiro atoms. The number of rotatable bonds is 34. The van der Waals surface area contributed by atoms with Gasteiger partial charge in [-0.3, -0.25) is 0 Å². The molecule has 0 aromatic rings. The van der Waals surface area contributed by atoms with E-state index in [9.17, 15) is 0 Å². The van der Waals surface area contributed by atoms with Crippen LogP contribution in [0, 0.1) is 0 Å². The number of hydrogen-bond acceptors (Lipinski definition) is 2. The second-order valence-corrected chi connectivity index (χ2v) is 13.9. The predicted molar refractivity (Wildman–Crippen MR) is 191 cm³/mol. The fourth-order valence-electron chi connectivity index (χ4n) is 6.89. The first kappa shape index (κ1) is 39.4. The van der Waals surface area contributed by atoms with Gasteiger partial charge in [0.1, 0.15) is 6.17 Å². The van der Waals surface area contributed by atoms with Gasteiger partial charge in [0.25, 0.3) is 0 Å². The molecule has 0 bridgehead atoms. The molecular weight excluding hydrogens is 508 g/mol. The highest BCUT2D eigenvalue weighted by molar-refractivity contribution is 4.97. The van der Waals surface area contributed by atoms with E-state index in [1.165, 1.54) is 219 Å². The van der Waals surface area contributed by atoms with Gasteiger partial charge >= 0.3 is 0 Å². The van der Waals surface area contributed by atoms with Gasteiger partial charge in [-0.2, -0.15) is 0 Å². The summed E-state index contributed by atoms with van der Waals surface area (Å²) in [6, 6.07) is 0. The standard InChI is InChI=1S/C40H80N2/c1-4-7-10-13-15-17-19-20-21-22-23-25-27-29-32-35-40-41(36-33-30-12-9-6-3)38-39-42(40)37-34-31-28-26-24-18-16-14-11-8-5-2/h38-40H,4-37H2,1-3H3. The number of hydrogen-bond donors (Lipinski definition) is 0. The van der Waals surface area contributed by atoms with E-state index in [4.69, 9.17) is 0 Å². The largest absolute Gasteiger partial charge is 0.356 e. The van der Waals surface area contributed by atoms with Crippen molar-refractivity contribution in [2.75, 3.05) is 13.1 Å². The van der Waals surface area contributed by atoms with Crippen LogP contribution in [-0.4, -0.2) is 29.1 Å². The van der Waals surface area contributed by atoms with Crippen molar-refractivity contribution < 1.29 is 0 Å². The van der Waals surface area contributed by atoms with Crippen molar-refractivity contribution in [1.29, 1.82) is 0 Å². The van der Waals surface area contributed by atoms with Crippen molar-refractivity contribution in [3.63, 3.8) is 0 Å². The molecule has 1 rings (SSSR count). The molecule has 0 aromatic heterocycles. The average molecular weight is 589 g/mol. The van der Waals surface area contributed by atoms with Gasteiger partial charge in [0, 0.05) is 25.5 Å². The van der Waals surface area contributed by atoms with Gasteiger partial charge < -0.3 is 9.80 Å². The SMILES string of the molecule is CCCCCCCCCCCCCCCCCC1N(CCCCCCC)C=CN1CCCCCCCCCCCCC. The van der Waals surface area contributed by atoms with Gasteiger partial charge in [-0.15, -0.1) is 0 Å². The van der Waals surface area contributed by atoms with Crippen molar-refractivity contribution >= 4 is 0 Å². The average Bonchev–Trinajstić information content (AvgIpc) is 3.38. The maximum atomic E-state index is 2.71. The Hall–Kier alpha value is -0.660. The van der Waals surface area contributed by atoms with E-state index in [0.29, 0.717) is 6.17 Å². The lowest BCUT2D eigenvalue weighted by Gasteiger charge is -2.33. The molecule has 0 amide bonds. The first-order valence-electron chi connectivity index (χ1n) is 20.0. The smallest absolute Gasteiger partial charge is 0.101 e. The van der Waals surface area contributed by atoms with E-state index >= 15 is 0 Å². The van der Waals surface area contributed by atoms with E-state index in [1.807, 2.05) is 0 Å². The minimum atomic E-state index is 0.640. The highest BCUT2D eigenvalue weighted by Crippen LogP contribution is 2.24. The van der Waals surface area contributed by atoms with Crippen LogP contribution >= 0.6 is 0 Å².